The highest BCUT2D eigenvalue weighted by Crippen LogP contribution is 2.33. The van der Waals surface area contributed by atoms with E-state index in [-0.39, 0.29) is 29.3 Å². The summed E-state index contributed by atoms with van der Waals surface area (Å²) in [5.74, 6) is -0.290. The molecule has 4 rings (SSSR count). The Morgan fingerprint density at radius 1 is 1.21 bits per heavy atom. The first kappa shape index (κ1) is 21.6. The summed E-state index contributed by atoms with van der Waals surface area (Å²) in [4.78, 5) is 17.9. The normalized spacial score (nSPS) is 13.7. The summed E-state index contributed by atoms with van der Waals surface area (Å²) >= 11 is 0. The molecule has 1 aliphatic heterocycles. The van der Waals surface area contributed by atoms with Gasteiger partial charge in [-0.15, -0.1) is 4.80 Å². The van der Waals surface area contributed by atoms with Crippen LogP contribution in [0, 0.1) is 11.3 Å². The number of aromatic nitrogens is 6. The summed E-state index contributed by atoms with van der Waals surface area (Å²) < 4.78 is 42.2. The Labute approximate surface area is 184 Å². The van der Waals surface area contributed by atoms with Gasteiger partial charge in [-0.1, -0.05) is 0 Å². The fraction of sp³-hybridized carbons (Fsp3) is 0.158. The number of pyridine rings is 1. The van der Waals surface area contributed by atoms with Crippen LogP contribution in [0.25, 0.3) is 11.5 Å². The van der Waals surface area contributed by atoms with Crippen molar-refractivity contribution in [2.24, 2.45) is 0 Å². The molecular formula is C19H15F3N10O. The lowest BCUT2D eigenvalue weighted by molar-refractivity contribution is -0.143. The molecule has 33 heavy (non-hydrogen) atoms. The van der Waals surface area contributed by atoms with E-state index in [1.807, 2.05) is 6.07 Å². The molecule has 3 aromatic rings. The van der Waals surface area contributed by atoms with Gasteiger partial charge in [-0.2, -0.15) is 33.7 Å². The highest BCUT2D eigenvalue weighted by Gasteiger charge is 2.40. The molecule has 0 spiro atoms. The lowest BCUT2D eigenvalue weighted by Gasteiger charge is -2.19. The van der Waals surface area contributed by atoms with E-state index in [0.717, 1.165) is 6.20 Å². The Hall–Kier alpha value is -4.67. The molecule has 0 unspecified atom stereocenters. The van der Waals surface area contributed by atoms with E-state index < -0.39 is 23.3 Å². The van der Waals surface area contributed by atoms with Crippen molar-refractivity contribution >= 4 is 17.5 Å². The molecule has 4 heterocycles. The molecule has 3 aromatic heterocycles. The summed E-state index contributed by atoms with van der Waals surface area (Å²) in [6.07, 6.45) is 1.34. The largest absolute Gasteiger partial charge is 0.434 e. The van der Waals surface area contributed by atoms with Gasteiger partial charge < -0.3 is 16.0 Å². The Morgan fingerprint density at radius 3 is 2.58 bits per heavy atom. The molecule has 0 fully saturated rings. The van der Waals surface area contributed by atoms with Crippen molar-refractivity contribution in [2.45, 2.75) is 6.18 Å². The number of nitrogens with zero attached hydrogens (tertiary/aromatic N) is 7. The number of dihydropyridines is 1. The maximum absolute atomic E-state index is 13.9. The van der Waals surface area contributed by atoms with Crippen molar-refractivity contribution < 1.29 is 18.0 Å². The summed E-state index contributed by atoms with van der Waals surface area (Å²) in [6, 6.07) is 4.81. The van der Waals surface area contributed by atoms with E-state index in [0.29, 0.717) is 10.5 Å². The van der Waals surface area contributed by atoms with E-state index in [9.17, 15) is 23.2 Å². The third-order valence-corrected chi connectivity index (χ3v) is 4.56. The molecule has 0 bridgehead atoms. The van der Waals surface area contributed by atoms with Gasteiger partial charge in [0.25, 0.3) is 5.91 Å². The van der Waals surface area contributed by atoms with E-state index >= 15 is 0 Å². The number of rotatable bonds is 5. The summed E-state index contributed by atoms with van der Waals surface area (Å²) in [7, 11) is 1.62. The monoisotopic (exact) mass is 456 g/mol. The summed E-state index contributed by atoms with van der Waals surface area (Å²) in [5.41, 5.74) is -1.61. The van der Waals surface area contributed by atoms with Crippen LogP contribution in [0.3, 0.4) is 0 Å². The number of nitriles is 1. The predicted molar refractivity (Wildman–Crippen MR) is 108 cm³/mol. The smallest absolute Gasteiger partial charge is 0.373 e. The van der Waals surface area contributed by atoms with Gasteiger partial charge in [0.15, 0.2) is 11.5 Å². The Balaban J connectivity index is 1.65. The second-order valence-electron chi connectivity index (χ2n) is 6.64. The van der Waals surface area contributed by atoms with Gasteiger partial charge in [-0.3, -0.25) is 4.79 Å². The number of hydrogen-bond donors (Lipinski definition) is 3. The van der Waals surface area contributed by atoms with Crippen molar-refractivity contribution in [1.82, 2.24) is 40.4 Å². The number of alkyl halides is 3. The van der Waals surface area contributed by atoms with Crippen molar-refractivity contribution in [3.63, 3.8) is 0 Å². The van der Waals surface area contributed by atoms with Gasteiger partial charge in [0.1, 0.15) is 11.9 Å². The van der Waals surface area contributed by atoms with Gasteiger partial charge in [-0.25, -0.2) is 9.67 Å². The van der Waals surface area contributed by atoms with E-state index in [2.05, 4.69) is 36.2 Å². The summed E-state index contributed by atoms with van der Waals surface area (Å²) in [6.45, 7) is 0.0265. The minimum Gasteiger partial charge on any atom is -0.373 e. The number of nitrogens with one attached hydrogen (secondary N) is 3. The van der Waals surface area contributed by atoms with Crippen molar-refractivity contribution in [1.29, 1.82) is 5.26 Å². The summed E-state index contributed by atoms with van der Waals surface area (Å²) in [5, 5.41) is 29.1. The molecule has 0 saturated heterocycles. The van der Waals surface area contributed by atoms with Crippen molar-refractivity contribution in [2.75, 3.05) is 18.9 Å². The van der Waals surface area contributed by atoms with Crippen molar-refractivity contribution in [3.05, 3.63) is 65.5 Å². The first-order valence-corrected chi connectivity index (χ1v) is 9.38. The molecule has 0 radical (unpaired) electrons. The average Bonchev–Trinajstić information content (AvgIpc) is 3.49. The van der Waals surface area contributed by atoms with Crippen LogP contribution in [0.15, 0.2) is 54.3 Å². The number of anilines is 1. The van der Waals surface area contributed by atoms with Crippen molar-refractivity contribution in [3.8, 4) is 11.8 Å². The fourth-order valence-corrected chi connectivity index (χ4v) is 3.10. The van der Waals surface area contributed by atoms with Gasteiger partial charge >= 0.3 is 6.18 Å². The van der Waals surface area contributed by atoms with Crippen LogP contribution in [0.2, 0.25) is 0 Å². The lowest BCUT2D eigenvalue weighted by atomic mass is 10.1. The average molecular weight is 456 g/mol. The Bertz CT molecular complexity index is 1280. The maximum atomic E-state index is 13.9. The molecule has 0 aromatic carbocycles. The molecule has 3 N–H and O–H groups in total. The van der Waals surface area contributed by atoms with Gasteiger partial charge in [0.05, 0.1) is 48.2 Å². The standard InChI is InChI=1S/C19H15F3N10O/c1-24-15-3-2-13(9-25-15)31-16(19(20,21)22)14(10-29-31)18(33)30-12-6-11(7-23)17(26-8-12)32-27-4-5-28-32/h2-6,9-10,26H,8H2,1H3,(H,24,25)(H,30,33). The maximum Gasteiger partial charge on any atom is 0.434 e. The topological polar surface area (TPSA) is 138 Å². The molecule has 0 atom stereocenters. The van der Waals surface area contributed by atoms with Gasteiger partial charge in [-0.05, 0) is 18.2 Å². The molecule has 1 amide bonds. The van der Waals surface area contributed by atoms with Crippen LogP contribution in [-0.4, -0.2) is 49.3 Å². The van der Waals surface area contributed by atoms with Gasteiger partial charge in [0.2, 0.25) is 0 Å². The zero-order chi connectivity index (χ0) is 23.6. The number of hydrogen-bond acceptors (Lipinski definition) is 8. The predicted octanol–water partition coefficient (Wildman–Crippen LogP) is 1.53. The molecule has 1 aliphatic rings. The van der Waals surface area contributed by atoms with Crippen LogP contribution in [0.5, 0.6) is 0 Å². The van der Waals surface area contributed by atoms with Crippen LogP contribution in [-0.2, 0) is 6.18 Å². The van der Waals surface area contributed by atoms with Crippen LogP contribution < -0.4 is 16.0 Å². The number of allylic oxidation sites excluding steroid dienone is 2. The Morgan fingerprint density at radius 2 is 1.97 bits per heavy atom. The number of carbonyl (C=O) groups excluding carboxylic acids is 1. The molecule has 14 heteroatoms. The first-order valence-electron chi connectivity index (χ1n) is 9.38. The van der Waals surface area contributed by atoms with E-state index in [4.69, 9.17) is 0 Å². The third kappa shape index (κ3) is 4.24. The molecule has 0 saturated carbocycles. The van der Waals surface area contributed by atoms with E-state index in [1.165, 1.54) is 41.6 Å². The first-order chi connectivity index (χ1) is 15.8. The molecular weight excluding hydrogens is 441 g/mol. The fourth-order valence-electron chi connectivity index (χ4n) is 3.10. The zero-order valence-corrected chi connectivity index (χ0v) is 16.9. The lowest BCUT2D eigenvalue weighted by Crippen LogP contribution is -2.34. The Kier molecular flexibility index (Phi) is 5.53. The van der Waals surface area contributed by atoms with Crippen LogP contribution in [0.1, 0.15) is 16.1 Å². The SMILES string of the molecule is CNc1ccc(-n2ncc(C(=O)NC3=CC(C#N)=C(n4nccn4)NC3)c2C(F)(F)F)cn1. The van der Waals surface area contributed by atoms with Crippen LogP contribution in [0.4, 0.5) is 19.0 Å². The highest BCUT2D eigenvalue weighted by molar-refractivity contribution is 5.96. The molecule has 11 nitrogen and oxygen atoms in total. The zero-order valence-electron chi connectivity index (χ0n) is 16.9. The second kappa shape index (κ2) is 8.46. The number of carbonyl (C=O) groups is 1. The number of halogens is 3. The highest BCUT2D eigenvalue weighted by atomic mass is 19.4. The molecule has 168 valence electrons. The minimum absolute atomic E-state index is 0.0265. The second-order valence-corrected chi connectivity index (χ2v) is 6.64. The van der Waals surface area contributed by atoms with Gasteiger partial charge in [0, 0.05) is 12.7 Å². The van der Waals surface area contributed by atoms with Crippen LogP contribution >= 0.6 is 0 Å². The third-order valence-electron chi connectivity index (χ3n) is 4.56. The number of amides is 1. The van der Waals surface area contributed by atoms with E-state index in [1.54, 1.807) is 7.05 Å². The minimum atomic E-state index is -4.87. The quantitative estimate of drug-likeness (QED) is 0.526. The molecule has 0 aliphatic carbocycles.